The van der Waals surface area contributed by atoms with Crippen LogP contribution in [0.25, 0.3) is 11.1 Å². The molecule has 0 fully saturated rings. The van der Waals surface area contributed by atoms with E-state index in [9.17, 15) is 19.5 Å². The van der Waals surface area contributed by atoms with Crippen molar-refractivity contribution in [1.82, 2.24) is 0 Å². The van der Waals surface area contributed by atoms with E-state index in [1.807, 2.05) is 48.5 Å². The Morgan fingerprint density at radius 2 is 1.48 bits per heavy atom. The average molecular weight is 426 g/mol. The van der Waals surface area contributed by atoms with Gasteiger partial charge in [0, 0.05) is 5.92 Å². The molecule has 0 heterocycles. The third kappa shape index (κ3) is 4.17. The van der Waals surface area contributed by atoms with Gasteiger partial charge in [0.15, 0.2) is 0 Å². The van der Waals surface area contributed by atoms with Gasteiger partial charge >= 0.3 is 17.9 Å². The fraction of sp³-hybridized carbons (Fsp3) is 0.348. The summed E-state index contributed by atoms with van der Waals surface area (Å²) in [5, 5.41) is 9.61. The van der Waals surface area contributed by atoms with Crippen molar-refractivity contribution >= 4 is 17.9 Å². The number of fused-ring (bicyclic) bond motifs is 3. The summed E-state index contributed by atoms with van der Waals surface area (Å²) in [5.74, 6) is -4.48. The molecule has 2 aromatic rings. The molecule has 1 unspecified atom stereocenters. The summed E-state index contributed by atoms with van der Waals surface area (Å²) in [6.07, 6.45) is 0. The molecule has 0 saturated heterocycles. The van der Waals surface area contributed by atoms with Crippen molar-refractivity contribution in [3.8, 4) is 11.1 Å². The van der Waals surface area contributed by atoms with E-state index in [1.54, 1.807) is 20.8 Å². The minimum absolute atomic E-state index is 0.153. The molecule has 0 aromatic heterocycles. The number of carboxylic acids is 1. The lowest BCUT2D eigenvalue weighted by Crippen LogP contribution is -2.69. The Hall–Kier alpha value is -3.23. The Morgan fingerprint density at radius 3 is 1.94 bits per heavy atom. The van der Waals surface area contributed by atoms with Crippen LogP contribution in [-0.4, -0.2) is 46.8 Å². The Labute approximate surface area is 180 Å². The van der Waals surface area contributed by atoms with E-state index in [2.05, 4.69) is 0 Å². The first-order valence-corrected chi connectivity index (χ1v) is 9.83. The highest BCUT2D eigenvalue weighted by Gasteiger charge is 2.54. The summed E-state index contributed by atoms with van der Waals surface area (Å²) in [6, 6.07) is 13.4. The number of hydrogen-bond acceptors (Lipinski definition) is 7. The average Bonchev–Trinajstić information content (AvgIpc) is 3.03. The lowest BCUT2D eigenvalue weighted by molar-refractivity contribution is -0.172. The number of esters is 2. The molecule has 164 valence electrons. The standard InChI is InChI=1S/C23H26N2O6/c1-22(2,3)31-19(26)18(24)23(25,20(27)28)21(29)30-12-17-15-10-6-4-8-13(15)14-9-5-7-11-16(14)17/h4-11,17-18H,12,24-25H2,1-3H3,(H,27,28)/t18?,23-/m0/s1. The van der Waals surface area contributed by atoms with Crippen LogP contribution in [0.5, 0.6) is 0 Å². The predicted molar refractivity (Wildman–Crippen MR) is 113 cm³/mol. The maximum Gasteiger partial charge on any atom is 0.340 e. The Kier molecular flexibility index (Phi) is 5.89. The van der Waals surface area contributed by atoms with Crippen molar-refractivity contribution in [2.24, 2.45) is 11.5 Å². The van der Waals surface area contributed by atoms with Crippen LogP contribution >= 0.6 is 0 Å². The number of ether oxygens (including phenoxy) is 2. The van der Waals surface area contributed by atoms with Crippen molar-refractivity contribution in [2.75, 3.05) is 6.61 Å². The lowest BCUT2D eigenvalue weighted by atomic mass is 9.91. The fourth-order valence-electron chi connectivity index (χ4n) is 3.62. The first kappa shape index (κ1) is 22.5. The van der Waals surface area contributed by atoms with Gasteiger partial charge in [-0.15, -0.1) is 0 Å². The van der Waals surface area contributed by atoms with Gasteiger partial charge in [-0.3, -0.25) is 4.79 Å². The van der Waals surface area contributed by atoms with E-state index in [0.29, 0.717) is 0 Å². The zero-order chi connectivity index (χ0) is 23.0. The molecular formula is C23H26N2O6. The zero-order valence-corrected chi connectivity index (χ0v) is 17.6. The van der Waals surface area contributed by atoms with Gasteiger partial charge in [0.25, 0.3) is 0 Å². The highest BCUT2D eigenvalue weighted by atomic mass is 16.6. The molecule has 2 aromatic carbocycles. The number of benzene rings is 2. The highest BCUT2D eigenvalue weighted by molar-refractivity contribution is 6.09. The highest BCUT2D eigenvalue weighted by Crippen LogP contribution is 2.44. The number of aliphatic carboxylic acids is 1. The third-order valence-corrected chi connectivity index (χ3v) is 5.19. The second kappa shape index (κ2) is 8.13. The smallest absolute Gasteiger partial charge is 0.340 e. The quantitative estimate of drug-likeness (QED) is 0.469. The molecule has 8 nitrogen and oxygen atoms in total. The summed E-state index contributed by atoms with van der Waals surface area (Å²) in [7, 11) is 0. The first-order valence-electron chi connectivity index (χ1n) is 9.83. The predicted octanol–water partition coefficient (Wildman–Crippen LogP) is 1.79. The number of nitrogens with two attached hydrogens (primary N) is 2. The molecule has 8 heteroatoms. The molecule has 0 aliphatic heterocycles. The molecule has 3 rings (SSSR count). The molecule has 0 saturated carbocycles. The largest absolute Gasteiger partial charge is 0.479 e. The van der Waals surface area contributed by atoms with E-state index < -0.39 is 35.1 Å². The molecule has 0 spiro atoms. The van der Waals surface area contributed by atoms with Crippen LogP contribution in [0.3, 0.4) is 0 Å². The lowest BCUT2D eigenvalue weighted by Gasteiger charge is -2.30. The van der Waals surface area contributed by atoms with Crippen molar-refractivity contribution in [3.63, 3.8) is 0 Å². The second-order valence-electron chi connectivity index (χ2n) is 8.51. The van der Waals surface area contributed by atoms with Crippen molar-refractivity contribution in [1.29, 1.82) is 0 Å². The summed E-state index contributed by atoms with van der Waals surface area (Å²) >= 11 is 0. The Balaban J connectivity index is 1.83. The third-order valence-electron chi connectivity index (χ3n) is 5.19. The molecule has 5 N–H and O–H groups in total. The molecule has 0 bridgehead atoms. The van der Waals surface area contributed by atoms with Crippen LogP contribution in [0.15, 0.2) is 48.5 Å². The van der Waals surface area contributed by atoms with E-state index >= 15 is 0 Å². The van der Waals surface area contributed by atoms with Crippen molar-refractivity contribution in [2.45, 2.75) is 43.9 Å². The van der Waals surface area contributed by atoms with Crippen LogP contribution in [-0.2, 0) is 23.9 Å². The van der Waals surface area contributed by atoms with Gasteiger partial charge in [0.2, 0.25) is 5.54 Å². The molecule has 2 atom stereocenters. The number of carbonyl (C=O) groups excluding carboxylic acids is 2. The van der Waals surface area contributed by atoms with Crippen LogP contribution in [0.1, 0.15) is 37.8 Å². The van der Waals surface area contributed by atoms with Crippen LogP contribution in [0, 0.1) is 0 Å². The van der Waals surface area contributed by atoms with Gasteiger partial charge in [-0.25, -0.2) is 9.59 Å². The summed E-state index contributed by atoms with van der Waals surface area (Å²) < 4.78 is 10.4. The number of hydrogen-bond donors (Lipinski definition) is 3. The van der Waals surface area contributed by atoms with Crippen molar-refractivity contribution in [3.05, 3.63) is 59.7 Å². The van der Waals surface area contributed by atoms with E-state index in [1.165, 1.54) is 0 Å². The normalized spacial score (nSPS) is 15.9. The number of rotatable bonds is 6. The van der Waals surface area contributed by atoms with Crippen molar-refractivity contribution < 1.29 is 29.0 Å². The molecule has 1 aliphatic rings. The van der Waals surface area contributed by atoms with Gasteiger partial charge < -0.3 is 26.0 Å². The summed E-state index contributed by atoms with van der Waals surface area (Å²) in [6.45, 7) is 4.61. The minimum atomic E-state index is -2.79. The fourth-order valence-corrected chi connectivity index (χ4v) is 3.62. The minimum Gasteiger partial charge on any atom is -0.479 e. The van der Waals surface area contributed by atoms with E-state index in [0.717, 1.165) is 22.3 Å². The zero-order valence-electron chi connectivity index (χ0n) is 17.6. The van der Waals surface area contributed by atoms with Crippen LogP contribution in [0.4, 0.5) is 0 Å². The SMILES string of the molecule is CC(C)(C)OC(=O)C(N)[C@](N)(C(=O)O)C(=O)OCC1c2ccccc2-c2ccccc21. The van der Waals surface area contributed by atoms with Gasteiger partial charge in [-0.1, -0.05) is 48.5 Å². The maximum absolute atomic E-state index is 12.8. The van der Waals surface area contributed by atoms with Crippen LogP contribution < -0.4 is 11.5 Å². The van der Waals surface area contributed by atoms with Crippen LogP contribution in [0.2, 0.25) is 0 Å². The van der Waals surface area contributed by atoms with Gasteiger partial charge in [-0.2, -0.15) is 0 Å². The Morgan fingerprint density at radius 1 is 1.00 bits per heavy atom. The number of carbonyl (C=O) groups is 3. The van der Waals surface area contributed by atoms with Gasteiger partial charge in [0.05, 0.1) is 0 Å². The van der Waals surface area contributed by atoms with E-state index in [-0.39, 0.29) is 12.5 Å². The summed E-state index contributed by atoms with van der Waals surface area (Å²) in [4.78, 5) is 36.9. The Bertz CT molecular complexity index is 983. The monoisotopic (exact) mass is 426 g/mol. The molecule has 1 aliphatic carbocycles. The topological polar surface area (TPSA) is 142 Å². The van der Waals surface area contributed by atoms with Gasteiger partial charge in [-0.05, 0) is 43.0 Å². The molecule has 31 heavy (non-hydrogen) atoms. The van der Waals surface area contributed by atoms with E-state index in [4.69, 9.17) is 20.9 Å². The molecule has 0 amide bonds. The van der Waals surface area contributed by atoms with Gasteiger partial charge in [0.1, 0.15) is 18.2 Å². The molecular weight excluding hydrogens is 400 g/mol. The first-order chi connectivity index (χ1) is 14.5. The maximum atomic E-state index is 12.8. The number of carboxylic acid groups (broad SMARTS) is 1. The second-order valence-corrected chi connectivity index (χ2v) is 8.51. The molecule has 0 radical (unpaired) electrons. The summed E-state index contributed by atoms with van der Waals surface area (Å²) in [5.41, 5.74) is 11.8.